The molecule has 0 saturated heterocycles. The summed E-state index contributed by atoms with van der Waals surface area (Å²) in [6, 6.07) is 5.72. The minimum atomic E-state index is -0.418. The first-order valence-corrected chi connectivity index (χ1v) is 5.76. The number of hydrogen-bond acceptors (Lipinski definition) is 3. The van der Waals surface area contributed by atoms with Crippen molar-refractivity contribution in [3.63, 3.8) is 0 Å². The molecule has 0 unspecified atom stereocenters. The Balaban J connectivity index is 2.45. The van der Waals surface area contributed by atoms with Crippen molar-refractivity contribution in [2.75, 3.05) is 6.61 Å². The molecular formula is C11H12Cl2N2O. The highest BCUT2D eigenvalue weighted by Gasteiger charge is 2.36. The van der Waals surface area contributed by atoms with Gasteiger partial charge in [-0.25, -0.2) is 4.99 Å². The van der Waals surface area contributed by atoms with Crippen LogP contribution in [0.15, 0.2) is 23.2 Å². The van der Waals surface area contributed by atoms with Crippen molar-refractivity contribution in [3.8, 4) is 0 Å². The molecule has 1 aromatic rings. The summed E-state index contributed by atoms with van der Waals surface area (Å²) in [4.78, 5) is 4.35. The second-order valence-corrected chi connectivity index (χ2v) is 4.57. The van der Waals surface area contributed by atoms with Crippen LogP contribution in [0, 0.1) is 0 Å². The van der Waals surface area contributed by atoms with Gasteiger partial charge in [-0.3, -0.25) is 0 Å². The molecule has 0 aromatic heterocycles. The van der Waals surface area contributed by atoms with Crippen molar-refractivity contribution in [3.05, 3.63) is 33.8 Å². The van der Waals surface area contributed by atoms with E-state index in [1.807, 2.05) is 19.1 Å². The third-order valence-corrected chi connectivity index (χ3v) is 3.56. The predicted octanol–water partition coefficient (Wildman–Crippen LogP) is 2.94. The third-order valence-electron chi connectivity index (χ3n) is 2.82. The van der Waals surface area contributed by atoms with Gasteiger partial charge in [0, 0.05) is 0 Å². The van der Waals surface area contributed by atoms with Gasteiger partial charge in [-0.05, 0) is 24.1 Å². The molecular weight excluding hydrogens is 247 g/mol. The molecule has 0 fully saturated rings. The van der Waals surface area contributed by atoms with Crippen LogP contribution in [0.3, 0.4) is 0 Å². The Morgan fingerprint density at radius 3 is 2.69 bits per heavy atom. The molecule has 0 spiro atoms. The maximum Gasteiger partial charge on any atom is 0.283 e. The van der Waals surface area contributed by atoms with Crippen LogP contribution in [-0.4, -0.2) is 12.6 Å². The predicted molar refractivity (Wildman–Crippen MR) is 66.0 cm³/mol. The van der Waals surface area contributed by atoms with E-state index in [1.165, 1.54) is 0 Å². The molecule has 0 radical (unpaired) electrons. The van der Waals surface area contributed by atoms with Crippen LogP contribution in [0.4, 0.5) is 0 Å². The second kappa shape index (κ2) is 4.15. The maximum atomic E-state index is 6.00. The molecule has 16 heavy (non-hydrogen) atoms. The van der Waals surface area contributed by atoms with Crippen LogP contribution in [0.25, 0.3) is 0 Å². The summed E-state index contributed by atoms with van der Waals surface area (Å²) in [5, 5.41) is 1.06. The largest absolute Gasteiger partial charge is 0.462 e. The van der Waals surface area contributed by atoms with E-state index in [2.05, 4.69) is 4.99 Å². The lowest BCUT2D eigenvalue weighted by Gasteiger charge is -2.22. The van der Waals surface area contributed by atoms with E-state index in [0.29, 0.717) is 16.7 Å². The van der Waals surface area contributed by atoms with E-state index in [1.54, 1.807) is 6.07 Å². The number of rotatable bonds is 2. The first kappa shape index (κ1) is 11.6. The zero-order valence-corrected chi connectivity index (χ0v) is 10.3. The molecule has 1 heterocycles. The van der Waals surface area contributed by atoms with Crippen molar-refractivity contribution < 1.29 is 4.74 Å². The van der Waals surface area contributed by atoms with Crippen LogP contribution < -0.4 is 5.73 Å². The number of benzene rings is 1. The summed E-state index contributed by atoms with van der Waals surface area (Å²) in [5.41, 5.74) is 6.12. The van der Waals surface area contributed by atoms with Gasteiger partial charge in [0.15, 0.2) is 0 Å². The van der Waals surface area contributed by atoms with Crippen LogP contribution >= 0.6 is 23.2 Å². The topological polar surface area (TPSA) is 47.6 Å². The fourth-order valence-corrected chi connectivity index (χ4v) is 2.09. The summed E-state index contributed by atoms with van der Waals surface area (Å²) in [6.07, 6.45) is 0.797. The quantitative estimate of drug-likeness (QED) is 0.887. The van der Waals surface area contributed by atoms with Gasteiger partial charge >= 0.3 is 0 Å². The Bertz CT molecular complexity index is 448. The Morgan fingerprint density at radius 1 is 1.44 bits per heavy atom. The lowest BCUT2D eigenvalue weighted by Crippen LogP contribution is -2.24. The van der Waals surface area contributed by atoms with E-state index >= 15 is 0 Å². The highest BCUT2D eigenvalue weighted by molar-refractivity contribution is 6.42. The fourth-order valence-electron chi connectivity index (χ4n) is 1.79. The Kier molecular flexibility index (Phi) is 3.00. The molecule has 0 amide bonds. The molecule has 5 heteroatoms. The highest BCUT2D eigenvalue weighted by Crippen LogP contribution is 2.36. The van der Waals surface area contributed by atoms with Crippen molar-refractivity contribution in [2.24, 2.45) is 10.7 Å². The van der Waals surface area contributed by atoms with Crippen molar-refractivity contribution in [1.82, 2.24) is 0 Å². The van der Waals surface area contributed by atoms with Crippen molar-refractivity contribution in [1.29, 1.82) is 0 Å². The molecule has 0 bridgehead atoms. The highest BCUT2D eigenvalue weighted by atomic mass is 35.5. The van der Waals surface area contributed by atoms with E-state index < -0.39 is 5.54 Å². The van der Waals surface area contributed by atoms with E-state index in [-0.39, 0.29) is 6.02 Å². The molecule has 3 nitrogen and oxygen atoms in total. The molecule has 2 N–H and O–H groups in total. The first-order valence-electron chi connectivity index (χ1n) is 5.01. The Hall–Kier alpha value is -0.930. The molecule has 1 aromatic carbocycles. The normalized spacial score (nSPS) is 24.1. The number of hydrogen-bond donors (Lipinski definition) is 1. The van der Waals surface area contributed by atoms with Gasteiger partial charge in [0.1, 0.15) is 12.1 Å². The van der Waals surface area contributed by atoms with E-state index in [9.17, 15) is 0 Å². The second-order valence-electron chi connectivity index (χ2n) is 3.75. The van der Waals surface area contributed by atoms with Gasteiger partial charge in [-0.15, -0.1) is 0 Å². The Morgan fingerprint density at radius 2 is 2.19 bits per heavy atom. The van der Waals surface area contributed by atoms with Gasteiger partial charge in [0.05, 0.1) is 10.0 Å². The average Bonchev–Trinajstić information content (AvgIpc) is 2.65. The van der Waals surface area contributed by atoms with Crippen LogP contribution in [0.1, 0.15) is 18.9 Å². The number of aliphatic imine (C=N–C) groups is 1. The molecule has 1 atom stereocenters. The van der Waals surface area contributed by atoms with E-state index in [4.69, 9.17) is 33.7 Å². The van der Waals surface area contributed by atoms with Gasteiger partial charge in [-0.2, -0.15) is 0 Å². The lowest BCUT2D eigenvalue weighted by molar-refractivity contribution is 0.249. The summed E-state index contributed by atoms with van der Waals surface area (Å²) in [5.74, 6) is 0. The fraction of sp³-hybridized carbons (Fsp3) is 0.364. The molecule has 1 aliphatic rings. The number of nitrogens with two attached hydrogens (primary N) is 1. The van der Waals surface area contributed by atoms with Gasteiger partial charge in [0.2, 0.25) is 0 Å². The molecule has 86 valence electrons. The average molecular weight is 259 g/mol. The van der Waals surface area contributed by atoms with E-state index in [0.717, 1.165) is 12.0 Å². The third kappa shape index (κ3) is 1.85. The zero-order valence-electron chi connectivity index (χ0n) is 8.84. The maximum absolute atomic E-state index is 6.00. The molecule has 1 aliphatic heterocycles. The smallest absolute Gasteiger partial charge is 0.283 e. The van der Waals surface area contributed by atoms with Gasteiger partial charge in [0.25, 0.3) is 6.02 Å². The molecule has 2 rings (SSSR count). The van der Waals surface area contributed by atoms with Crippen LogP contribution in [0.2, 0.25) is 10.0 Å². The van der Waals surface area contributed by atoms with Crippen molar-refractivity contribution in [2.45, 2.75) is 18.9 Å². The first-order chi connectivity index (χ1) is 7.57. The summed E-state index contributed by atoms with van der Waals surface area (Å²) in [6.45, 7) is 2.49. The van der Waals surface area contributed by atoms with Crippen LogP contribution in [-0.2, 0) is 10.3 Å². The standard InChI is InChI=1S/C11H12Cl2N2O/c1-2-11(6-16-10(14)15-11)7-3-4-8(12)9(13)5-7/h3-5H,2,6H2,1H3,(H2,14,15)/t11-/m1/s1. The number of amidine groups is 1. The SMILES string of the molecule is CC[C@]1(c2ccc(Cl)c(Cl)c2)COC(N)=N1. The van der Waals surface area contributed by atoms with Crippen molar-refractivity contribution >= 4 is 29.2 Å². The lowest BCUT2D eigenvalue weighted by atomic mass is 9.89. The van der Waals surface area contributed by atoms with Gasteiger partial charge < -0.3 is 10.5 Å². The Labute approximate surface area is 104 Å². The summed E-state index contributed by atoms with van der Waals surface area (Å²) in [7, 11) is 0. The number of halogens is 2. The summed E-state index contributed by atoms with van der Waals surface area (Å²) < 4.78 is 5.24. The minimum Gasteiger partial charge on any atom is -0.462 e. The number of ether oxygens (including phenoxy) is 1. The monoisotopic (exact) mass is 258 g/mol. The molecule has 0 aliphatic carbocycles. The number of nitrogens with zero attached hydrogens (tertiary/aromatic N) is 1. The summed E-state index contributed by atoms with van der Waals surface area (Å²) >= 11 is 11.9. The van der Waals surface area contributed by atoms with Gasteiger partial charge in [-0.1, -0.05) is 36.2 Å². The molecule has 0 saturated carbocycles. The minimum absolute atomic E-state index is 0.230. The zero-order chi connectivity index (χ0) is 11.8. The van der Waals surface area contributed by atoms with Crippen LogP contribution in [0.5, 0.6) is 0 Å².